The zero-order chi connectivity index (χ0) is 14.4. The molecule has 0 atom stereocenters. The zero-order valence-electron chi connectivity index (χ0n) is 12.5. The molecule has 0 aliphatic carbocycles. The van der Waals surface area contributed by atoms with Crippen LogP contribution in [0.25, 0.3) is 0 Å². The van der Waals surface area contributed by atoms with Crippen molar-refractivity contribution in [3.05, 3.63) is 41.7 Å². The third-order valence-electron chi connectivity index (χ3n) is 3.51. The molecule has 0 aliphatic rings. The Hall–Kier alpha value is -1.88. The zero-order valence-corrected chi connectivity index (χ0v) is 12.5. The summed E-state index contributed by atoms with van der Waals surface area (Å²) < 4.78 is 1.78. The van der Waals surface area contributed by atoms with E-state index in [1.807, 2.05) is 7.05 Å². The number of anilines is 1. The average Bonchev–Trinajstić information content (AvgIpc) is 2.88. The van der Waals surface area contributed by atoms with Gasteiger partial charge in [0, 0.05) is 19.3 Å². The Kier molecular flexibility index (Phi) is 5.12. The molecule has 5 nitrogen and oxygen atoms in total. The Labute approximate surface area is 120 Å². The summed E-state index contributed by atoms with van der Waals surface area (Å²) in [6.07, 6.45) is 1.78. The molecule has 5 heteroatoms. The monoisotopic (exact) mass is 273 g/mol. The minimum absolute atomic E-state index is 0.734. The molecular weight excluding hydrogens is 250 g/mol. The van der Waals surface area contributed by atoms with Crippen molar-refractivity contribution in [2.75, 3.05) is 18.4 Å². The minimum atomic E-state index is 0.734. The molecule has 2 rings (SSSR count). The molecule has 1 heterocycles. The van der Waals surface area contributed by atoms with E-state index in [9.17, 15) is 0 Å². The Balaban J connectivity index is 1.97. The summed E-state index contributed by atoms with van der Waals surface area (Å²) in [6.45, 7) is 8.28. The predicted molar refractivity (Wildman–Crippen MR) is 81.4 cm³/mol. The molecule has 1 aromatic heterocycles. The van der Waals surface area contributed by atoms with Gasteiger partial charge >= 0.3 is 0 Å². The fraction of sp³-hybridized carbons (Fsp3) is 0.467. The summed E-state index contributed by atoms with van der Waals surface area (Å²) in [5.41, 5.74) is 3.54. The van der Waals surface area contributed by atoms with Gasteiger partial charge < -0.3 is 5.32 Å². The average molecular weight is 273 g/mol. The number of rotatable bonds is 7. The third-order valence-corrected chi connectivity index (χ3v) is 3.51. The molecule has 0 saturated heterocycles. The lowest BCUT2D eigenvalue weighted by molar-refractivity contribution is 0.296. The third kappa shape index (κ3) is 3.81. The van der Waals surface area contributed by atoms with Gasteiger partial charge in [-0.1, -0.05) is 31.2 Å². The Morgan fingerprint density at radius 2 is 2.05 bits per heavy atom. The first-order valence-corrected chi connectivity index (χ1v) is 7.11. The molecule has 0 bridgehead atoms. The van der Waals surface area contributed by atoms with Crippen LogP contribution < -0.4 is 5.32 Å². The van der Waals surface area contributed by atoms with E-state index in [1.165, 1.54) is 5.56 Å². The van der Waals surface area contributed by atoms with Crippen LogP contribution in [0.2, 0.25) is 0 Å². The molecule has 0 fully saturated rings. The lowest BCUT2D eigenvalue weighted by Crippen LogP contribution is -2.22. The Morgan fingerprint density at radius 3 is 2.70 bits per heavy atom. The normalized spacial score (nSPS) is 11.0. The van der Waals surface area contributed by atoms with Gasteiger partial charge in [-0.15, -0.1) is 5.10 Å². The fourth-order valence-electron chi connectivity index (χ4n) is 2.15. The number of aromatic nitrogens is 3. The molecule has 0 saturated carbocycles. The van der Waals surface area contributed by atoms with Crippen molar-refractivity contribution in [3.8, 4) is 0 Å². The molecule has 1 aromatic carbocycles. The van der Waals surface area contributed by atoms with Crippen molar-refractivity contribution in [1.82, 2.24) is 19.9 Å². The van der Waals surface area contributed by atoms with Crippen molar-refractivity contribution < 1.29 is 0 Å². The first-order chi connectivity index (χ1) is 9.72. The molecule has 0 radical (unpaired) electrons. The summed E-state index contributed by atoms with van der Waals surface area (Å²) in [5.74, 6) is 0. The second-order valence-corrected chi connectivity index (χ2v) is 4.86. The van der Waals surface area contributed by atoms with Gasteiger partial charge in [-0.3, -0.25) is 9.58 Å². The highest BCUT2D eigenvalue weighted by Crippen LogP contribution is 2.13. The number of aryl methyl sites for hydroxylation is 1. The van der Waals surface area contributed by atoms with Crippen LogP contribution in [0.1, 0.15) is 25.1 Å². The van der Waals surface area contributed by atoms with E-state index < -0.39 is 0 Å². The van der Waals surface area contributed by atoms with Crippen LogP contribution in [0, 0.1) is 0 Å². The van der Waals surface area contributed by atoms with Gasteiger partial charge in [-0.2, -0.15) is 0 Å². The maximum absolute atomic E-state index is 3.93. The van der Waals surface area contributed by atoms with Crippen molar-refractivity contribution in [2.45, 2.75) is 26.9 Å². The van der Waals surface area contributed by atoms with Crippen LogP contribution >= 0.6 is 0 Å². The fourth-order valence-corrected chi connectivity index (χ4v) is 2.15. The molecule has 1 N–H and O–H groups in total. The van der Waals surface area contributed by atoms with E-state index in [4.69, 9.17) is 0 Å². The number of benzene rings is 1. The van der Waals surface area contributed by atoms with E-state index in [1.54, 1.807) is 10.9 Å². The van der Waals surface area contributed by atoms with Gasteiger partial charge in [-0.05, 0) is 30.8 Å². The summed E-state index contributed by atoms with van der Waals surface area (Å²) in [7, 11) is 1.90. The summed E-state index contributed by atoms with van der Waals surface area (Å²) >= 11 is 0. The number of hydrogen-bond donors (Lipinski definition) is 1. The van der Waals surface area contributed by atoms with Crippen LogP contribution in [-0.4, -0.2) is 33.0 Å². The number of hydrogen-bond acceptors (Lipinski definition) is 4. The van der Waals surface area contributed by atoms with Crippen LogP contribution in [-0.2, 0) is 20.1 Å². The highest BCUT2D eigenvalue weighted by molar-refractivity contribution is 5.45. The summed E-state index contributed by atoms with van der Waals surface area (Å²) in [6, 6.07) is 8.58. The van der Waals surface area contributed by atoms with Crippen molar-refractivity contribution >= 4 is 5.69 Å². The van der Waals surface area contributed by atoms with E-state index in [2.05, 4.69) is 58.6 Å². The van der Waals surface area contributed by atoms with E-state index in [-0.39, 0.29) is 0 Å². The highest BCUT2D eigenvalue weighted by Gasteiger charge is 2.03. The van der Waals surface area contributed by atoms with E-state index >= 15 is 0 Å². The standard InChI is InChI=1S/C15H23N5/c1-4-20(5-2)12-13-7-6-8-14(9-13)16-10-15-11-17-18-19(15)3/h6-9,11,16H,4-5,10,12H2,1-3H3. The number of nitrogens with zero attached hydrogens (tertiary/aromatic N) is 4. The van der Waals surface area contributed by atoms with Crippen molar-refractivity contribution in [3.63, 3.8) is 0 Å². The quantitative estimate of drug-likeness (QED) is 0.840. The number of nitrogens with one attached hydrogen (secondary N) is 1. The molecule has 20 heavy (non-hydrogen) atoms. The highest BCUT2D eigenvalue weighted by atomic mass is 15.4. The maximum Gasteiger partial charge on any atom is 0.0774 e. The molecular formula is C15H23N5. The predicted octanol–water partition coefficient (Wildman–Crippen LogP) is 2.27. The van der Waals surface area contributed by atoms with Crippen molar-refractivity contribution in [1.29, 1.82) is 0 Å². The molecule has 0 amide bonds. The molecule has 0 unspecified atom stereocenters. The van der Waals surface area contributed by atoms with E-state index in [0.29, 0.717) is 0 Å². The van der Waals surface area contributed by atoms with Gasteiger partial charge in [0.15, 0.2) is 0 Å². The van der Waals surface area contributed by atoms with Crippen LogP contribution in [0.5, 0.6) is 0 Å². The molecule has 0 aliphatic heterocycles. The first-order valence-electron chi connectivity index (χ1n) is 7.11. The summed E-state index contributed by atoms with van der Waals surface area (Å²) in [4.78, 5) is 2.41. The van der Waals surface area contributed by atoms with Crippen LogP contribution in [0.4, 0.5) is 5.69 Å². The van der Waals surface area contributed by atoms with Gasteiger partial charge in [0.05, 0.1) is 18.4 Å². The van der Waals surface area contributed by atoms with Crippen molar-refractivity contribution in [2.24, 2.45) is 7.05 Å². The lowest BCUT2D eigenvalue weighted by atomic mass is 10.2. The Morgan fingerprint density at radius 1 is 1.25 bits per heavy atom. The maximum atomic E-state index is 3.93. The van der Waals surface area contributed by atoms with Gasteiger partial charge in [0.1, 0.15) is 0 Å². The topological polar surface area (TPSA) is 46.0 Å². The SMILES string of the molecule is CCN(CC)Cc1cccc(NCc2cnnn2C)c1. The van der Waals surface area contributed by atoms with Gasteiger partial charge in [0.2, 0.25) is 0 Å². The molecule has 2 aromatic rings. The van der Waals surface area contributed by atoms with Crippen LogP contribution in [0.15, 0.2) is 30.5 Å². The molecule has 108 valence electrons. The molecule has 0 spiro atoms. The first kappa shape index (κ1) is 14.5. The smallest absolute Gasteiger partial charge is 0.0774 e. The second-order valence-electron chi connectivity index (χ2n) is 4.86. The lowest BCUT2D eigenvalue weighted by Gasteiger charge is -2.18. The van der Waals surface area contributed by atoms with Gasteiger partial charge in [0.25, 0.3) is 0 Å². The largest absolute Gasteiger partial charge is 0.379 e. The second kappa shape index (κ2) is 7.05. The summed E-state index contributed by atoms with van der Waals surface area (Å²) in [5, 5.41) is 11.2. The minimum Gasteiger partial charge on any atom is -0.379 e. The van der Waals surface area contributed by atoms with Gasteiger partial charge in [-0.25, -0.2) is 0 Å². The van der Waals surface area contributed by atoms with Crippen LogP contribution in [0.3, 0.4) is 0 Å². The Bertz CT molecular complexity index is 531. The van der Waals surface area contributed by atoms with E-state index in [0.717, 1.165) is 37.6 Å².